The van der Waals surface area contributed by atoms with Crippen LogP contribution in [0.25, 0.3) is 0 Å². The zero-order valence-corrected chi connectivity index (χ0v) is 10.3. The Morgan fingerprint density at radius 3 is 2.07 bits per heavy atom. The van der Waals surface area contributed by atoms with Crippen molar-refractivity contribution < 1.29 is 18.6 Å². The minimum absolute atomic E-state index is 0. The van der Waals surface area contributed by atoms with Gasteiger partial charge in [0.2, 0.25) is 8.38 Å². The maximum absolute atomic E-state index is 11.0. The molecule has 0 aliphatic rings. The maximum Gasteiger partial charge on any atom is 0.331 e. The van der Waals surface area contributed by atoms with Crippen molar-refractivity contribution in [1.29, 1.82) is 0 Å². The summed E-state index contributed by atoms with van der Waals surface area (Å²) in [5.74, 6) is -1.33. The lowest BCUT2D eigenvalue weighted by atomic mass is 10.7. The van der Waals surface area contributed by atoms with E-state index >= 15 is 0 Å². The molecule has 0 aromatic rings. The van der Waals surface area contributed by atoms with Gasteiger partial charge >= 0.3 is 5.97 Å². The fourth-order valence-electron chi connectivity index (χ4n) is 0.659. The van der Waals surface area contributed by atoms with Gasteiger partial charge in [-0.1, -0.05) is 0 Å². The average molecular weight is 246 g/mol. The van der Waals surface area contributed by atoms with Crippen LogP contribution in [0.15, 0.2) is 0 Å². The third kappa shape index (κ3) is 5.73. The van der Waals surface area contributed by atoms with Crippen molar-refractivity contribution in [2.75, 3.05) is 20.3 Å². The minimum Gasteiger partial charge on any atom is -0.467 e. The van der Waals surface area contributed by atoms with Gasteiger partial charge in [-0.15, -0.1) is 12.4 Å². The third-order valence-electron chi connectivity index (χ3n) is 1.18. The molecule has 0 saturated carbocycles. The second-order valence-electron chi connectivity index (χ2n) is 2.09. The molecule has 0 fully saturated rings. The molecule has 0 amide bonds. The summed E-state index contributed by atoms with van der Waals surface area (Å²) in [6.07, 6.45) is 0. The SMILES string of the molecule is CCOP(OCC)C(N)C(=O)OC.Cl. The number of ether oxygens (including phenoxy) is 1. The molecular weight excluding hydrogens is 229 g/mol. The molecule has 1 atom stereocenters. The summed E-state index contributed by atoms with van der Waals surface area (Å²) in [6.45, 7) is 4.57. The third-order valence-corrected chi connectivity index (χ3v) is 2.87. The molecule has 0 radical (unpaired) electrons. The van der Waals surface area contributed by atoms with Crippen LogP contribution in [0.1, 0.15) is 13.8 Å². The van der Waals surface area contributed by atoms with Crippen LogP contribution in [0.4, 0.5) is 0 Å². The van der Waals surface area contributed by atoms with Gasteiger partial charge in [-0.2, -0.15) is 0 Å². The lowest BCUT2D eigenvalue weighted by Crippen LogP contribution is -2.31. The lowest BCUT2D eigenvalue weighted by Gasteiger charge is -2.19. The standard InChI is InChI=1S/C7H16NO4P.ClH/c1-4-11-13(12-5-2)6(8)7(9)10-3;/h6H,4-5,8H2,1-3H3;1H. The first-order valence-electron chi connectivity index (χ1n) is 4.05. The Bertz CT molecular complexity index is 155. The van der Waals surface area contributed by atoms with E-state index in [1.54, 1.807) is 0 Å². The Balaban J connectivity index is 0. The zero-order chi connectivity index (χ0) is 10.3. The van der Waals surface area contributed by atoms with Gasteiger partial charge in [-0.25, -0.2) is 4.79 Å². The second kappa shape index (κ2) is 9.62. The van der Waals surface area contributed by atoms with E-state index in [-0.39, 0.29) is 12.4 Å². The number of hydrogen-bond donors (Lipinski definition) is 1. The minimum atomic E-state index is -1.36. The van der Waals surface area contributed by atoms with Crippen LogP contribution >= 0.6 is 20.8 Å². The molecule has 0 aromatic carbocycles. The van der Waals surface area contributed by atoms with Crippen LogP contribution in [-0.4, -0.2) is 32.1 Å². The van der Waals surface area contributed by atoms with Gasteiger partial charge in [0, 0.05) is 0 Å². The first kappa shape index (κ1) is 16.5. The van der Waals surface area contributed by atoms with E-state index in [0.29, 0.717) is 13.2 Å². The number of carbonyl (C=O) groups is 1. The van der Waals surface area contributed by atoms with Gasteiger partial charge in [0.25, 0.3) is 0 Å². The topological polar surface area (TPSA) is 70.8 Å². The normalized spacial score (nSPS) is 12.1. The van der Waals surface area contributed by atoms with E-state index in [0.717, 1.165) is 0 Å². The average Bonchev–Trinajstić information content (AvgIpc) is 2.15. The predicted molar refractivity (Wildman–Crippen MR) is 57.4 cm³/mol. The molecule has 86 valence electrons. The Kier molecular flexibility index (Phi) is 11.3. The Labute approximate surface area is 91.6 Å². The molecule has 2 N–H and O–H groups in total. The van der Waals surface area contributed by atoms with E-state index in [1.165, 1.54) is 7.11 Å². The van der Waals surface area contributed by atoms with Crippen LogP contribution in [0, 0.1) is 0 Å². The Hall–Kier alpha value is 0.0700. The van der Waals surface area contributed by atoms with Crippen molar-refractivity contribution in [2.45, 2.75) is 19.6 Å². The summed E-state index contributed by atoms with van der Waals surface area (Å²) in [4.78, 5) is 11.0. The molecule has 0 heterocycles. The molecule has 0 aromatic heterocycles. The first-order chi connectivity index (χ1) is 6.17. The Morgan fingerprint density at radius 1 is 1.36 bits per heavy atom. The quantitative estimate of drug-likeness (QED) is 0.563. The van der Waals surface area contributed by atoms with Crippen molar-refractivity contribution in [2.24, 2.45) is 5.73 Å². The second-order valence-corrected chi connectivity index (χ2v) is 3.73. The van der Waals surface area contributed by atoms with Gasteiger partial charge in [-0.3, -0.25) is 0 Å². The number of esters is 1. The largest absolute Gasteiger partial charge is 0.467 e. The molecule has 0 rings (SSSR count). The summed E-state index contributed by atoms with van der Waals surface area (Å²) in [5, 5.41) is 0. The molecule has 1 unspecified atom stereocenters. The fraction of sp³-hybridized carbons (Fsp3) is 0.857. The molecule has 0 bridgehead atoms. The van der Waals surface area contributed by atoms with Gasteiger partial charge in [0.15, 0.2) is 5.78 Å². The molecule has 5 nitrogen and oxygen atoms in total. The summed E-state index contributed by atoms with van der Waals surface area (Å²) < 4.78 is 14.8. The number of nitrogens with two attached hydrogens (primary N) is 1. The van der Waals surface area contributed by atoms with Crippen molar-refractivity contribution in [3.8, 4) is 0 Å². The molecule has 0 spiro atoms. The molecule has 14 heavy (non-hydrogen) atoms. The predicted octanol–water partition coefficient (Wildman–Crippen LogP) is 1.25. The highest BCUT2D eigenvalue weighted by Crippen LogP contribution is 2.41. The number of hydrogen-bond acceptors (Lipinski definition) is 5. The maximum atomic E-state index is 11.0. The van der Waals surface area contributed by atoms with E-state index in [9.17, 15) is 4.79 Å². The molecule has 0 saturated heterocycles. The summed E-state index contributed by atoms with van der Waals surface area (Å²) >= 11 is 0. The van der Waals surface area contributed by atoms with Crippen LogP contribution in [-0.2, 0) is 18.6 Å². The number of rotatable bonds is 6. The van der Waals surface area contributed by atoms with E-state index in [2.05, 4.69) is 4.74 Å². The highest BCUT2D eigenvalue weighted by molar-refractivity contribution is 7.49. The highest BCUT2D eigenvalue weighted by Gasteiger charge is 2.27. The number of methoxy groups -OCH3 is 1. The lowest BCUT2D eigenvalue weighted by molar-refractivity contribution is -0.140. The first-order valence-corrected chi connectivity index (χ1v) is 5.30. The molecular formula is C7H17ClNO4P. The van der Waals surface area contributed by atoms with Crippen molar-refractivity contribution in [3.63, 3.8) is 0 Å². The summed E-state index contributed by atoms with van der Waals surface area (Å²) in [6, 6.07) is 0. The number of halogens is 1. The number of carbonyl (C=O) groups excluding carboxylic acids is 1. The van der Waals surface area contributed by atoms with Crippen LogP contribution in [0.5, 0.6) is 0 Å². The zero-order valence-electron chi connectivity index (χ0n) is 8.56. The smallest absolute Gasteiger partial charge is 0.331 e. The van der Waals surface area contributed by atoms with Crippen molar-refractivity contribution in [3.05, 3.63) is 0 Å². The summed E-state index contributed by atoms with van der Waals surface area (Å²) in [7, 11) is -0.0788. The monoisotopic (exact) mass is 245 g/mol. The fourth-order valence-corrected chi connectivity index (χ4v) is 1.84. The van der Waals surface area contributed by atoms with Crippen molar-refractivity contribution in [1.82, 2.24) is 0 Å². The van der Waals surface area contributed by atoms with Gasteiger partial charge in [-0.05, 0) is 13.8 Å². The van der Waals surface area contributed by atoms with Gasteiger partial charge < -0.3 is 19.5 Å². The van der Waals surface area contributed by atoms with E-state index < -0.39 is 20.1 Å². The highest BCUT2D eigenvalue weighted by atomic mass is 35.5. The van der Waals surface area contributed by atoms with Crippen LogP contribution in [0.3, 0.4) is 0 Å². The van der Waals surface area contributed by atoms with Gasteiger partial charge in [0.1, 0.15) is 0 Å². The molecule has 7 heteroatoms. The van der Waals surface area contributed by atoms with Crippen LogP contribution in [0.2, 0.25) is 0 Å². The van der Waals surface area contributed by atoms with E-state index in [4.69, 9.17) is 14.8 Å². The van der Waals surface area contributed by atoms with Crippen molar-refractivity contribution >= 4 is 26.8 Å². The van der Waals surface area contributed by atoms with Crippen LogP contribution < -0.4 is 5.73 Å². The summed E-state index contributed by atoms with van der Waals surface area (Å²) in [5.41, 5.74) is 5.55. The Morgan fingerprint density at radius 2 is 1.79 bits per heavy atom. The molecule has 0 aliphatic heterocycles. The van der Waals surface area contributed by atoms with E-state index in [1.807, 2.05) is 13.8 Å². The van der Waals surface area contributed by atoms with Gasteiger partial charge in [0.05, 0.1) is 20.3 Å². The molecule has 0 aliphatic carbocycles.